The zero-order valence-electron chi connectivity index (χ0n) is 10.5. The van der Waals surface area contributed by atoms with Gasteiger partial charge in [0.15, 0.2) is 0 Å². The van der Waals surface area contributed by atoms with Crippen molar-refractivity contribution in [2.45, 2.75) is 13.0 Å². The van der Waals surface area contributed by atoms with Gasteiger partial charge in [0.05, 0.1) is 12.7 Å². The third-order valence-electron chi connectivity index (χ3n) is 2.88. The van der Waals surface area contributed by atoms with Gasteiger partial charge >= 0.3 is 0 Å². The Labute approximate surface area is 109 Å². The summed E-state index contributed by atoms with van der Waals surface area (Å²) in [5, 5.41) is 2.18. The van der Waals surface area contributed by atoms with Crippen molar-refractivity contribution in [2.75, 3.05) is 13.7 Å². The first-order valence-corrected chi connectivity index (χ1v) is 5.67. The first kappa shape index (κ1) is 13.0. The largest absolute Gasteiger partial charge is 0.481 e. The molecule has 2 rings (SSSR count). The predicted octanol–water partition coefficient (Wildman–Crippen LogP) is -0.423. The lowest BCUT2D eigenvalue weighted by atomic mass is 10.1. The maximum Gasteiger partial charge on any atom is 0.256 e. The molecule has 0 bridgehead atoms. The highest BCUT2D eigenvalue weighted by molar-refractivity contribution is 6.06. The van der Waals surface area contributed by atoms with Gasteiger partial charge in [0.1, 0.15) is 12.6 Å². The van der Waals surface area contributed by atoms with Crippen LogP contribution in [0, 0.1) is 0 Å². The maximum atomic E-state index is 12.2. The number of hydrogen-bond acceptors (Lipinski definition) is 5. The average Bonchev–Trinajstić information content (AvgIpc) is 2.42. The number of pyridine rings is 1. The van der Waals surface area contributed by atoms with Gasteiger partial charge in [-0.15, -0.1) is 0 Å². The quantitative estimate of drug-likeness (QED) is 0.732. The molecule has 7 nitrogen and oxygen atoms in total. The number of piperazine rings is 1. The summed E-state index contributed by atoms with van der Waals surface area (Å²) in [4.78, 5) is 40.1. The summed E-state index contributed by atoms with van der Waals surface area (Å²) in [6.07, 6.45) is 1.35. The van der Waals surface area contributed by atoms with Gasteiger partial charge in [0.2, 0.25) is 17.7 Å². The van der Waals surface area contributed by atoms with Crippen LogP contribution in [0.4, 0.5) is 0 Å². The fourth-order valence-corrected chi connectivity index (χ4v) is 1.76. The molecule has 19 heavy (non-hydrogen) atoms. The van der Waals surface area contributed by atoms with Crippen LogP contribution in [0.5, 0.6) is 5.88 Å². The topological polar surface area (TPSA) is 88.6 Å². The second-order valence-corrected chi connectivity index (χ2v) is 4.11. The Morgan fingerprint density at radius 3 is 2.79 bits per heavy atom. The maximum absolute atomic E-state index is 12.2. The molecule has 0 radical (unpaired) electrons. The standard InChI is InChI=1S/C12H13N3O4/c1-7-11(17)14-9(16)6-15(7)12(18)8-3-4-10(19-2)13-5-8/h3-5,7H,6H2,1-2H3,(H,14,16,17). The van der Waals surface area contributed by atoms with Crippen molar-refractivity contribution >= 4 is 17.7 Å². The second-order valence-electron chi connectivity index (χ2n) is 4.11. The van der Waals surface area contributed by atoms with E-state index >= 15 is 0 Å². The van der Waals surface area contributed by atoms with Crippen LogP contribution in [-0.2, 0) is 9.59 Å². The Kier molecular flexibility index (Phi) is 3.46. The second kappa shape index (κ2) is 5.05. The van der Waals surface area contributed by atoms with Gasteiger partial charge in [-0.1, -0.05) is 0 Å². The van der Waals surface area contributed by atoms with Crippen molar-refractivity contribution in [3.63, 3.8) is 0 Å². The van der Waals surface area contributed by atoms with Crippen LogP contribution in [0.2, 0.25) is 0 Å². The number of hydrogen-bond donors (Lipinski definition) is 1. The minimum Gasteiger partial charge on any atom is -0.481 e. The fourth-order valence-electron chi connectivity index (χ4n) is 1.76. The Balaban J connectivity index is 2.22. The summed E-state index contributed by atoms with van der Waals surface area (Å²) >= 11 is 0. The van der Waals surface area contributed by atoms with Crippen LogP contribution < -0.4 is 10.1 Å². The molecule has 1 aliphatic rings. The van der Waals surface area contributed by atoms with Crippen LogP contribution in [0.25, 0.3) is 0 Å². The van der Waals surface area contributed by atoms with Gasteiger partial charge in [-0.3, -0.25) is 19.7 Å². The molecule has 0 spiro atoms. The monoisotopic (exact) mass is 263 g/mol. The van der Waals surface area contributed by atoms with Crippen LogP contribution in [0.1, 0.15) is 17.3 Å². The molecule has 0 saturated carbocycles. The minimum absolute atomic E-state index is 0.141. The predicted molar refractivity (Wildman–Crippen MR) is 64.4 cm³/mol. The van der Waals surface area contributed by atoms with E-state index in [1.165, 1.54) is 24.3 Å². The zero-order valence-corrected chi connectivity index (χ0v) is 10.5. The van der Waals surface area contributed by atoms with Gasteiger partial charge < -0.3 is 9.64 Å². The van der Waals surface area contributed by atoms with Crippen LogP contribution in [0.3, 0.4) is 0 Å². The summed E-state index contributed by atoms with van der Waals surface area (Å²) in [5.41, 5.74) is 0.301. The number of methoxy groups -OCH3 is 1. The molecule has 2 heterocycles. The molecule has 7 heteroatoms. The van der Waals surface area contributed by atoms with E-state index in [1.54, 1.807) is 13.0 Å². The third-order valence-corrected chi connectivity index (χ3v) is 2.88. The normalized spacial score (nSPS) is 19.1. The van der Waals surface area contributed by atoms with Crippen LogP contribution in [-0.4, -0.2) is 47.3 Å². The molecule has 0 aromatic carbocycles. The number of aromatic nitrogens is 1. The Hall–Kier alpha value is -2.44. The number of amides is 3. The number of imide groups is 1. The number of carbonyl (C=O) groups excluding carboxylic acids is 3. The minimum atomic E-state index is -0.688. The summed E-state index contributed by atoms with van der Waals surface area (Å²) in [6.45, 7) is 1.42. The molecule has 1 saturated heterocycles. The highest BCUT2D eigenvalue weighted by atomic mass is 16.5. The smallest absolute Gasteiger partial charge is 0.256 e. The molecule has 1 N–H and O–H groups in total. The Morgan fingerprint density at radius 1 is 1.47 bits per heavy atom. The Bertz CT molecular complexity index is 526. The molecule has 100 valence electrons. The summed E-state index contributed by atoms with van der Waals surface area (Å²) in [6, 6.07) is 2.40. The number of carbonyl (C=O) groups is 3. The molecule has 0 aliphatic carbocycles. The SMILES string of the molecule is COc1ccc(C(=O)N2CC(=O)NC(=O)C2C)cn1. The van der Waals surface area contributed by atoms with Crippen molar-refractivity contribution in [1.29, 1.82) is 0 Å². The van der Waals surface area contributed by atoms with E-state index in [-0.39, 0.29) is 6.54 Å². The van der Waals surface area contributed by atoms with E-state index in [0.29, 0.717) is 11.4 Å². The van der Waals surface area contributed by atoms with Crippen molar-refractivity contribution in [3.05, 3.63) is 23.9 Å². The number of nitrogens with one attached hydrogen (secondary N) is 1. The molecule has 1 atom stereocenters. The molecular formula is C12H13N3O4. The van der Waals surface area contributed by atoms with E-state index in [9.17, 15) is 14.4 Å². The van der Waals surface area contributed by atoms with Gasteiger partial charge in [-0.25, -0.2) is 4.98 Å². The number of rotatable bonds is 2. The molecule has 1 aliphatic heterocycles. The zero-order chi connectivity index (χ0) is 14.0. The molecule has 3 amide bonds. The summed E-state index contributed by atoms with van der Waals surface area (Å²) in [5.74, 6) is -0.994. The van der Waals surface area contributed by atoms with Crippen molar-refractivity contribution in [3.8, 4) is 5.88 Å². The van der Waals surface area contributed by atoms with E-state index < -0.39 is 23.8 Å². The first-order valence-electron chi connectivity index (χ1n) is 5.67. The van der Waals surface area contributed by atoms with Crippen molar-refractivity contribution in [1.82, 2.24) is 15.2 Å². The van der Waals surface area contributed by atoms with Crippen molar-refractivity contribution < 1.29 is 19.1 Å². The van der Waals surface area contributed by atoms with Crippen LogP contribution in [0.15, 0.2) is 18.3 Å². The molecule has 1 aromatic rings. The molecular weight excluding hydrogens is 250 g/mol. The number of ether oxygens (including phenoxy) is 1. The van der Waals surface area contributed by atoms with E-state index in [0.717, 1.165) is 0 Å². The summed E-state index contributed by atoms with van der Waals surface area (Å²) < 4.78 is 4.90. The average molecular weight is 263 g/mol. The van der Waals surface area contributed by atoms with Gasteiger partial charge in [0.25, 0.3) is 5.91 Å². The lowest BCUT2D eigenvalue weighted by Gasteiger charge is -2.31. The van der Waals surface area contributed by atoms with E-state index in [2.05, 4.69) is 10.3 Å². The highest BCUT2D eigenvalue weighted by Crippen LogP contribution is 2.13. The van der Waals surface area contributed by atoms with Crippen molar-refractivity contribution in [2.24, 2.45) is 0 Å². The van der Waals surface area contributed by atoms with E-state index in [1.807, 2.05) is 0 Å². The first-order chi connectivity index (χ1) is 9.02. The number of nitrogens with zero attached hydrogens (tertiary/aromatic N) is 2. The lowest BCUT2D eigenvalue weighted by Crippen LogP contribution is -2.58. The third kappa shape index (κ3) is 2.54. The molecule has 1 aromatic heterocycles. The van der Waals surface area contributed by atoms with Gasteiger partial charge in [-0.05, 0) is 13.0 Å². The van der Waals surface area contributed by atoms with Gasteiger partial charge in [0, 0.05) is 12.3 Å². The van der Waals surface area contributed by atoms with E-state index in [4.69, 9.17) is 4.74 Å². The lowest BCUT2D eigenvalue weighted by molar-refractivity contribution is -0.138. The molecule has 1 fully saturated rings. The fraction of sp³-hybridized carbons (Fsp3) is 0.333. The highest BCUT2D eigenvalue weighted by Gasteiger charge is 2.34. The molecule has 1 unspecified atom stereocenters. The van der Waals surface area contributed by atoms with Crippen LogP contribution >= 0.6 is 0 Å². The summed E-state index contributed by atoms with van der Waals surface area (Å²) in [7, 11) is 1.47. The Morgan fingerprint density at radius 2 is 2.21 bits per heavy atom. The van der Waals surface area contributed by atoms with Gasteiger partial charge in [-0.2, -0.15) is 0 Å².